The van der Waals surface area contributed by atoms with Gasteiger partial charge in [-0.25, -0.2) is 0 Å². The van der Waals surface area contributed by atoms with Crippen molar-refractivity contribution in [3.8, 4) is 5.75 Å². The van der Waals surface area contributed by atoms with Gasteiger partial charge in [-0.05, 0) is 56.3 Å². The van der Waals surface area contributed by atoms with E-state index in [2.05, 4.69) is 9.88 Å². The van der Waals surface area contributed by atoms with Gasteiger partial charge in [0.25, 0.3) is 0 Å². The number of pyridine rings is 1. The average Bonchev–Trinajstić information content (AvgIpc) is 3.61. The number of thioether (sulfide) groups is 1. The third-order valence-electron chi connectivity index (χ3n) is 6.49. The highest BCUT2D eigenvalue weighted by Crippen LogP contribution is 2.35. The maximum Gasteiger partial charge on any atom is 0.308 e. The Morgan fingerprint density at radius 3 is 2.84 bits per heavy atom. The maximum absolute atomic E-state index is 13.2. The number of Topliss-reactive ketones (excluding diaryl/α,β-unsaturated/α-hetero) is 1. The van der Waals surface area contributed by atoms with Crippen molar-refractivity contribution in [2.24, 2.45) is 11.8 Å². The van der Waals surface area contributed by atoms with Crippen molar-refractivity contribution in [1.29, 1.82) is 0 Å². The summed E-state index contributed by atoms with van der Waals surface area (Å²) in [6, 6.07) is 5.38. The van der Waals surface area contributed by atoms with E-state index in [4.69, 9.17) is 16.3 Å². The van der Waals surface area contributed by atoms with Gasteiger partial charge in [-0.1, -0.05) is 11.6 Å². The summed E-state index contributed by atoms with van der Waals surface area (Å²) in [4.78, 5) is 31.7. The fourth-order valence-electron chi connectivity index (χ4n) is 4.48. The van der Waals surface area contributed by atoms with Crippen LogP contribution in [0.1, 0.15) is 42.5 Å². The van der Waals surface area contributed by atoms with Gasteiger partial charge in [0.2, 0.25) is 0 Å². The summed E-state index contributed by atoms with van der Waals surface area (Å²) in [6.07, 6.45) is 5.76. The van der Waals surface area contributed by atoms with E-state index in [9.17, 15) is 14.7 Å². The number of ketones is 1. The van der Waals surface area contributed by atoms with E-state index in [0.717, 1.165) is 30.5 Å². The molecule has 4 rings (SSSR count). The molecule has 1 saturated heterocycles. The van der Waals surface area contributed by atoms with E-state index in [0.29, 0.717) is 40.2 Å². The smallest absolute Gasteiger partial charge is 0.308 e. The van der Waals surface area contributed by atoms with E-state index in [1.165, 1.54) is 19.0 Å². The van der Waals surface area contributed by atoms with Crippen molar-refractivity contribution < 1.29 is 19.4 Å². The molecule has 0 bridgehead atoms. The van der Waals surface area contributed by atoms with E-state index >= 15 is 0 Å². The lowest BCUT2D eigenvalue weighted by Gasteiger charge is -2.36. The highest BCUT2D eigenvalue weighted by atomic mass is 35.5. The Hall–Kier alpha value is -1.83. The number of methoxy groups -OCH3 is 1. The maximum atomic E-state index is 13.2. The SMILES string of the molecule is COc1ccc2ncc(Cl)c(C(=O)CCC3CCN(CCSC4CC4)CC3C(=O)O)c2c1. The lowest BCUT2D eigenvalue weighted by atomic mass is 9.81. The van der Waals surface area contributed by atoms with E-state index in [1.807, 2.05) is 11.8 Å². The molecule has 1 saturated carbocycles. The monoisotopic (exact) mass is 476 g/mol. The zero-order valence-electron chi connectivity index (χ0n) is 18.3. The van der Waals surface area contributed by atoms with Gasteiger partial charge in [0, 0.05) is 47.7 Å². The molecule has 0 amide bonds. The topological polar surface area (TPSA) is 79.7 Å². The van der Waals surface area contributed by atoms with Crippen molar-refractivity contribution in [3.05, 3.63) is 35.0 Å². The first-order chi connectivity index (χ1) is 15.5. The van der Waals surface area contributed by atoms with Crippen LogP contribution < -0.4 is 4.74 Å². The average molecular weight is 477 g/mol. The molecule has 2 fully saturated rings. The van der Waals surface area contributed by atoms with Crippen molar-refractivity contribution in [1.82, 2.24) is 9.88 Å². The fourth-order valence-corrected chi connectivity index (χ4v) is 5.90. The highest BCUT2D eigenvalue weighted by Gasteiger charge is 2.34. The van der Waals surface area contributed by atoms with Crippen LogP contribution in [0.25, 0.3) is 10.9 Å². The van der Waals surface area contributed by atoms with Gasteiger partial charge >= 0.3 is 5.97 Å². The third kappa shape index (κ3) is 5.56. The molecule has 172 valence electrons. The molecule has 2 aliphatic rings. The number of carbonyl (C=O) groups excluding carboxylic acids is 1. The van der Waals surface area contributed by atoms with Crippen LogP contribution in [0.5, 0.6) is 5.75 Å². The van der Waals surface area contributed by atoms with Gasteiger partial charge in [-0.3, -0.25) is 14.6 Å². The fraction of sp³-hybridized carbons (Fsp3) is 0.542. The molecule has 1 aromatic carbocycles. The van der Waals surface area contributed by atoms with Gasteiger partial charge in [-0.15, -0.1) is 0 Å². The Morgan fingerprint density at radius 1 is 1.31 bits per heavy atom. The van der Waals surface area contributed by atoms with Crippen molar-refractivity contribution in [2.45, 2.75) is 37.4 Å². The molecule has 2 heterocycles. The Kier molecular flexibility index (Phi) is 7.59. The zero-order chi connectivity index (χ0) is 22.7. The molecule has 1 aromatic heterocycles. The summed E-state index contributed by atoms with van der Waals surface area (Å²) in [5.41, 5.74) is 1.12. The number of likely N-dealkylation sites (tertiary alicyclic amines) is 1. The highest BCUT2D eigenvalue weighted by molar-refractivity contribution is 8.00. The number of nitrogens with zero attached hydrogens (tertiary/aromatic N) is 2. The number of fused-ring (bicyclic) bond motifs is 1. The van der Waals surface area contributed by atoms with Crippen molar-refractivity contribution >= 4 is 46.0 Å². The van der Waals surface area contributed by atoms with Crippen LogP contribution in [0.2, 0.25) is 5.02 Å². The van der Waals surface area contributed by atoms with E-state index in [-0.39, 0.29) is 18.1 Å². The first kappa shape index (κ1) is 23.3. The number of aromatic nitrogens is 1. The number of rotatable bonds is 10. The van der Waals surface area contributed by atoms with Gasteiger partial charge in [0.1, 0.15) is 5.75 Å². The first-order valence-electron chi connectivity index (χ1n) is 11.2. The molecule has 8 heteroatoms. The lowest BCUT2D eigenvalue weighted by Crippen LogP contribution is -2.44. The minimum Gasteiger partial charge on any atom is -0.497 e. The standard InChI is InChI=1S/C24H29ClN2O4S/c1-31-16-3-6-21-18(12-16)23(20(25)13-26-21)22(28)7-2-15-8-9-27(14-19(15)24(29)30)10-11-32-17-4-5-17/h3,6,12-13,15,17,19H,2,4-5,7-11,14H2,1H3,(H,29,30). The number of hydrogen-bond acceptors (Lipinski definition) is 6. The molecule has 0 spiro atoms. The minimum absolute atomic E-state index is 0.00908. The second kappa shape index (κ2) is 10.4. The predicted molar refractivity (Wildman–Crippen MR) is 128 cm³/mol. The summed E-state index contributed by atoms with van der Waals surface area (Å²) < 4.78 is 5.29. The van der Waals surface area contributed by atoms with E-state index < -0.39 is 11.9 Å². The normalized spacial score (nSPS) is 21.6. The van der Waals surface area contributed by atoms with Crippen LogP contribution in [0.3, 0.4) is 0 Å². The Morgan fingerprint density at radius 2 is 2.12 bits per heavy atom. The third-order valence-corrected chi connectivity index (χ3v) is 8.14. The lowest BCUT2D eigenvalue weighted by molar-refractivity contribution is -0.146. The first-order valence-corrected chi connectivity index (χ1v) is 12.6. The molecule has 2 atom stereocenters. The molecule has 1 aliphatic carbocycles. The molecule has 2 aromatic rings. The number of carbonyl (C=O) groups is 2. The van der Waals surface area contributed by atoms with Crippen LogP contribution in [0, 0.1) is 11.8 Å². The molecular formula is C24H29ClN2O4S. The summed E-state index contributed by atoms with van der Waals surface area (Å²) in [6.45, 7) is 2.40. The Labute approximate surface area is 197 Å². The van der Waals surface area contributed by atoms with E-state index in [1.54, 1.807) is 25.3 Å². The molecule has 32 heavy (non-hydrogen) atoms. The number of carboxylic acid groups (broad SMARTS) is 1. The number of hydrogen-bond donors (Lipinski definition) is 1. The molecule has 6 nitrogen and oxygen atoms in total. The van der Waals surface area contributed by atoms with Crippen molar-refractivity contribution in [2.75, 3.05) is 32.5 Å². The molecule has 1 aliphatic heterocycles. The van der Waals surface area contributed by atoms with Gasteiger partial charge in [-0.2, -0.15) is 11.8 Å². The second-order valence-corrected chi connectivity index (χ2v) is 10.5. The Balaban J connectivity index is 1.40. The van der Waals surface area contributed by atoms with Gasteiger partial charge in [0.05, 0.1) is 23.6 Å². The summed E-state index contributed by atoms with van der Waals surface area (Å²) in [5, 5.41) is 11.6. The van der Waals surface area contributed by atoms with Crippen molar-refractivity contribution in [3.63, 3.8) is 0 Å². The zero-order valence-corrected chi connectivity index (χ0v) is 19.8. The molecule has 0 radical (unpaired) electrons. The largest absolute Gasteiger partial charge is 0.497 e. The number of ether oxygens (including phenoxy) is 1. The van der Waals surface area contributed by atoms with Gasteiger partial charge < -0.3 is 14.7 Å². The van der Waals surface area contributed by atoms with Crippen LogP contribution in [0.15, 0.2) is 24.4 Å². The van der Waals surface area contributed by atoms with Crippen LogP contribution in [0.4, 0.5) is 0 Å². The number of aliphatic carboxylic acids is 1. The number of carboxylic acids is 1. The summed E-state index contributed by atoms with van der Waals surface area (Å²) in [5.74, 6) is 0.408. The number of benzene rings is 1. The van der Waals surface area contributed by atoms with Crippen LogP contribution >= 0.6 is 23.4 Å². The molecule has 1 N–H and O–H groups in total. The Bertz CT molecular complexity index is 997. The number of halogens is 1. The summed E-state index contributed by atoms with van der Waals surface area (Å²) in [7, 11) is 1.57. The molecule has 2 unspecified atom stereocenters. The minimum atomic E-state index is -0.765. The van der Waals surface area contributed by atoms with Gasteiger partial charge in [0.15, 0.2) is 5.78 Å². The molecular weight excluding hydrogens is 448 g/mol. The van der Waals surface area contributed by atoms with Crippen LogP contribution in [-0.2, 0) is 4.79 Å². The quantitative estimate of drug-likeness (QED) is 0.494. The predicted octanol–water partition coefficient (Wildman–Crippen LogP) is 4.78. The number of piperidine rings is 1. The second-order valence-electron chi connectivity index (χ2n) is 8.69. The van der Waals surface area contributed by atoms with Crippen LogP contribution in [-0.4, -0.2) is 64.5 Å². The summed E-state index contributed by atoms with van der Waals surface area (Å²) >= 11 is 8.36.